The second-order valence-electron chi connectivity index (χ2n) is 17.4. The highest BCUT2D eigenvalue weighted by molar-refractivity contribution is 5.78. The van der Waals surface area contributed by atoms with Gasteiger partial charge in [0.1, 0.15) is 23.9 Å². The number of carbonyl (C=O) groups excluding carboxylic acids is 2. The number of ketones is 1. The van der Waals surface area contributed by atoms with Gasteiger partial charge >= 0.3 is 11.9 Å². The molecule has 7 unspecified atom stereocenters. The van der Waals surface area contributed by atoms with Crippen molar-refractivity contribution < 1.29 is 84.4 Å². The molecule has 366 valence electrons. The standard InChI is InChI=1S/C47H71NO17/c1-27-17-15-13-11-9-7-5-6-8-10-12-14-16-18-34(64-46-44(58)41(48)43(57)30(4)63-46)24-38-40(45(59)60)37(54)26-47(61,65-38)25-36(53)35(52)20-19-31(49)21-32(50)22-33(51)23-39(55)62-29(3)28(2)42(27)56/h5-18,27-30,32-38,40-44,46,50-54,56-58,61H,19-26,48H2,1-4H3,(H,59,60)/b6-5+,9-7+,10-8+,13-11+,14-12+,17-15+,18-16+/t27-,28-,29-,30?,32?,33+,34-,35?,36+,37-,38-,40+,41?,42+,43?,44?,46?,47+/m0/s1. The van der Waals surface area contributed by atoms with Gasteiger partial charge in [0.25, 0.3) is 0 Å². The van der Waals surface area contributed by atoms with Crippen molar-refractivity contribution in [2.45, 2.75) is 170 Å². The number of cyclic esters (lactones) is 1. The summed E-state index contributed by atoms with van der Waals surface area (Å²) < 4.78 is 23.1. The lowest BCUT2D eigenvalue weighted by molar-refractivity contribution is -0.310. The fraction of sp³-hybridized carbons (Fsp3) is 0.638. The molecule has 2 fully saturated rings. The first-order chi connectivity index (χ1) is 30.6. The number of fused-ring (bicyclic) bond motifs is 2. The van der Waals surface area contributed by atoms with E-state index in [2.05, 4.69) is 0 Å². The van der Waals surface area contributed by atoms with Crippen LogP contribution < -0.4 is 5.73 Å². The Morgan fingerprint density at radius 2 is 1.23 bits per heavy atom. The van der Waals surface area contributed by atoms with Crippen LogP contribution in [-0.2, 0) is 33.3 Å². The van der Waals surface area contributed by atoms with Crippen LogP contribution in [0.1, 0.15) is 79.1 Å². The van der Waals surface area contributed by atoms with E-state index in [1.807, 2.05) is 13.0 Å². The molecular weight excluding hydrogens is 851 g/mol. The Labute approximate surface area is 380 Å². The van der Waals surface area contributed by atoms with E-state index < -0.39 is 147 Å². The highest BCUT2D eigenvalue weighted by Gasteiger charge is 2.51. The minimum Gasteiger partial charge on any atom is -0.481 e. The van der Waals surface area contributed by atoms with E-state index in [0.29, 0.717) is 0 Å². The summed E-state index contributed by atoms with van der Waals surface area (Å²) in [6.45, 7) is 6.70. The Kier molecular flexibility index (Phi) is 23.2. The average Bonchev–Trinajstić information content (AvgIpc) is 3.21. The largest absolute Gasteiger partial charge is 0.481 e. The monoisotopic (exact) mass is 921 g/mol. The van der Waals surface area contributed by atoms with Crippen molar-refractivity contribution in [3.63, 3.8) is 0 Å². The minimum atomic E-state index is -2.38. The molecule has 65 heavy (non-hydrogen) atoms. The summed E-state index contributed by atoms with van der Waals surface area (Å²) in [5, 5.41) is 107. The number of carboxylic acid groups (broad SMARTS) is 1. The number of ether oxygens (including phenoxy) is 4. The van der Waals surface area contributed by atoms with E-state index in [-0.39, 0.29) is 31.6 Å². The lowest BCUT2D eigenvalue weighted by Gasteiger charge is -2.45. The first-order valence-corrected chi connectivity index (χ1v) is 22.2. The van der Waals surface area contributed by atoms with Crippen molar-refractivity contribution in [1.82, 2.24) is 0 Å². The van der Waals surface area contributed by atoms with Crippen LogP contribution in [0.2, 0.25) is 0 Å². The Balaban J connectivity index is 1.86. The van der Waals surface area contributed by atoms with Crippen molar-refractivity contribution in [1.29, 1.82) is 0 Å². The molecule has 18 heteroatoms. The molecule has 0 radical (unpaired) electrons. The summed E-state index contributed by atoms with van der Waals surface area (Å²) in [7, 11) is 0. The summed E-state index contributed by atoms with van der Waals surface area (Å²) >= 11 is 0. The van der Waals surface area contributed by atoms with Crippen LogP contribution in [0.4, 0.5) is 0 Å². The van der Waals surface area contributed by atoms with E-state index in [9.17, 15) is 65.4 Å². The molecule has 0 aromatic carbocycles. The van der Waals surface area contributed by atoms with Crippen LogP contribution in [0, 0.1) is 17.8 Å². The maximum Gasteiger partial charge on any atom is 0.311 e. The Bertz CT molecular complexity index is 1710. The molecule has 3 aliphatic heterocycles. The van der Waals surface area contributed by atoms with E-state index in [1.165, 1.54) is 13.0 Å². The zero-order chi connectivity index (χ0) is 48.4. The summed E-state index contributed by atoms with van der Waals surface area (Å²) in [6.07, 6.45) is 3.67. The number of allylic oxidation sites excluding steroid dienone is 12. The van der Waals surface area contributed by atoms with Gasteiger partial charge in [-0.05, 0) is 20.3 Å². The zero-order valence-corrected chi connectivity index (χ0v) is 37.5. The van der Waals surface area contributed by atoms with Gasteiger partial charge in [0, 0.05) is 50.4 Å². The van der Waals surface area contributed by atoms with Crippen molar-refractivity contribution >= 4 is 17.7 Å². The van der Waals surface area contributed by atoms with Crippen LogP contribution in [0.3, 0.4) is 0 Å². The molecule has 0 aromatic rings. The van der Waals surface area contributed by atoms with Gasteiger partial charge in [-0.2, -0.15) is 0 Å². The fourth-order valence-corrected chi connectivity index (χ4v) is 7.82. The highest BCUT2D eigenvalue weighted by atomic mass is 16.7. The number of aliphatic hydroxyl groups is 9. The average molecular weight is 922 g/mol. The molecule has 0 amide bonds. The Morgan fingerprint density at radius 3 is 1.82 bits per heavy atom. The lowest BCUT2D eigenvalue weighted by atomic mass is 9.82. The number of Topliss-reactive ketones (excluding diaryl/α,β-unsaturated/α-hetero) is 1. The topological polar surface area (TPSA) is 316 Å². The molecule has 3 rings (SSSR count). The molecule has 12 N–H and O–H groups in total. The normalized spacial score (nSPS) is 44.4. The summed E-state index contributed by atoms with van der Waals surface area (Å²) in [6, 6.07) is -1.15. The van der Waals surface area contributed by atoms with Crippen molar-refractivity contribution in [2.75, 3.05) is 0 Å². The van der Waals surface area contributed by atoms with Crippen LogP contribution in [0.5, 0.6) is 0 Å². The van der Waals surface area contributed by atoms with Gasteiger partial charge in [-0.3, -0.25) is 14.4 Å². The van der Waals surface area contributed by atoms with Gasteiger partial charge in [0.05, 0.1) is 73.5 Å². The fourth-order valence-electron chi connectivity index (χ4n) is 7.82. The van der Waals surface area contributed by atoms with Crippen molar-refractivity contribution in [3.8, 4) is 0 Å². The maximum atomic E-state index is 12.7. The molecule has 3 heterocycles. The van der Waals surface area contributed by atoms with Crippen molar-refractivity contribution in [3.05, 3.63) is 85.1 Å². The number of aliphatic hydroxyl groups excluding tert-OH is 8. The molecule has 0 aromatic heterocycles. The summed E-state index contributed by atoms with van der Waals surface area (Å²) in [5.74, 6) is -7.51. The molecule has 0 spiro atoms. The van der Waals surface area contributed by atoms with Crippen LogP contribution in [0.15, 0.2) is 85.1 Å². The van der Waals surface area contributed by atoms with Gasteiger partial charge in [-0.1, -0.05) is 98.9 Å². The third kappa shape index (κ3) is 18.5. The van der Waals surface area contributed by atoms with Crippen LogP contribution >= 0.6 is 0 Å². The maximum absolute atomic E-state index is 12.7. The number of carboxylic acids is 1. The SMILES string of the molecule is CC1OC(O[C@H]2/C=C/C=C/C=C/C=C/C=C/C=C/C=C/[C@H](C)[C@@H](O)[C@@H](C)[C@H](C)OC(=O)C[C@H](O)CC(O)CC(=O)CCC(O)[C@H](O)C[C@]3(O)C[C@H](O)[C@@H](C(=O)O)[C@H](C2)O3)C(O)C(N)C1O. The van der Waals surface area contributed by atoms with Gasteiger partial charge in [0.2, 0.25) is 0 Å². The molecular formula is C47H71NO17. The third-order valence-corrected chi connectivity index (χ3v) is 11.9. The number of nitrogens with two attached hydrogens (primary N) is 1. The zero-order valence-electron chi connectivity index (χ0n) is 37.5. The number of rotatable bonds is 3. The first kappa shape index (κ1) is 55.6. The first-order valence-electron chi connectivity index (χ1n) is 22.2. The summed E-state index contributed by atoms with van der Waals surface area (Å²) in [5.41, 5.74) is 6.01. The molecule has 18 nitrogen and oxygen atoms in total. The van der Waals surface area contributed by atoms with Gasteiger partial charge in [0.15, 0.2) is 12.1 Å². The number of hydrogen-bond acceptors (Lipinski definition) is 17. The summed E-state index contributed by atoms with van der Waals surface area (Å²) in [4.78, 5) is 37.8. The van der Waals surface area contributed by atoms with Gasteiger partial charge < -0.3 is 75.7 Å². The second kappa shape index (κ2) is 27.2. The molecule has 0 saturated carbocycles. The Morgan fingerprint density at radius 1 is 0.692 bits per heavy atom. The number of esters is 1. The minimum absolute atomic E-state index is 0.291. The van der Waals surface area contributed by atoms with Gasteiger partial charge in [-0.15, -0.1) is 0 Å². The van der Waals surface area contributed by atoms with E-state index in [1.54, 1.807) is 86.8 Å². The molecule has 2 bridgehead atoms. The van der Waals surface area contributed by atoms with Crippen molar-refractivity contribution in [2.24, 2.45) is 23.5 Å². The number of aliphatic carboxylic acids is 1. The molecule has 2 saturated heterocycles. The quantitative estimate of drug-likeness (QED) is 0.175. The Hall–Kier alpha value is -3.73. The number of hydrogen-bond donors (Lipinski definition) is 11. The predicted molar refractivity (Wildman–Crippen MR) is 236 cm³/mol. The lowest BCUT2D eigenvalue weighted by Crippen LogP contribution is -2.61. The predicted octanol–water partition coefficient (Wildman–Crippen LogP) is 0.920. The molecule has 3 aliphatic rings. The second-order valence-corrected chi connectivity index (χ2v) is 17.4. The molecule has 18 atom stereocenters. The third-order valence-electron chi connectivity index (χ3n) is 11.9. The highest BCUT2D eigenvalue weighted by Crippen LogP contribution is 2.38. The van der Waals surface area contributed by atoms with E-state index in [4.69, 9.17) is 24.7 Å². The molecule has 0 aliphatic carbocycles. The van der Waals surface area contributed by atoms with Crippen LogP contribution in [0.25, 0.3) is 0 Å². The smallest absolute Gasteiger partial charge is 0.311 e. The van der Waals surface area contributed by atoms with Crippen LogP contribution in [-0.4, -0.2) is 160 Å². The number of carbonyl (C=O) groups is 3. The van der Waals surface area contributed by atoms with E-state index >= 15 is 0 Å². The van der Waals surface area contributed by atoms with Gasteiger partial charge in [-0.25, -0.2) is 0 Å². The van der Waals surface area contributed by atoms with E-state index in [0.717, 1.165) is 0 Å².